The lowest BCUT2D eigenvalue weighted by Crippen LogP contribution is -2.50. The number of hydrogen-bond acceptors (Lipinski definition) is 2. The standard InChI is InChI=1S/C15H23ClN2O/c1-5-18(14(19)13(17)15(2,3)4)10-11-8-6-7-9-12(11)16/h6-9,13H,5,10,17H2,1-4H3/t13-/m0/s1. The zero-order chi connectivity index (χ0) is 14.6. The number of hydrogen-bond donors (Lipinski definition) is 1. The van der Waals surface area contributed by atoms with Crippen LogP contribution in [-0.2, 0) is 11.3 Å². The summed E-state index contributed by atoms with van der Waals surface area (Å²) in [5, 5.41) is 0.679. The van der Waals surface area contributed by atoms with Crippen molar-refractivity contribution in [2.24, 2.45) is 11.1 Å². The van der Waals surface area contributed by atoms with E-state index in [1.54, 1.807) is 4.90 Å². The van der Waals surface area contributed by atoms with E-state index in [1.165, 1.54) is 0 Å². The molecule has 0 unspecified atom stereocenters. The quantitative estimate of drug-likeness (QED) is 0.922. The first-order chi connectivity index (χ1) is 8.77. The first kappa shape index (κ1) is 16.0. The Labute approximate surface area is 120 Å². The molecule has 1 aromatic rings. The van der Waals surface area contributed by atoms with Crippen molar-refractivity contribution < 1.29 is 4.79 Å². The van der Waals surface area contributed by atoms with Crippen molar-refractivity contribution in [3.05, 3.63) is 34.9 Å². The molecule has 2 N–H and O–H groups in total. The number of rotatable bonds is 4. The summed E-state index contributed by atoms with van der Waals surface area (Å²) in [5.41, 5.74) is 6.74. The molecule has 4 heteroatoms. The molecular formula is C15H23ClN2O. The average Bonchev–Trinajstić information content (AvgIpc) is 2.35. The highest BCUT2D eigenvalue weighted by Gasteiger charge is 2.30. The van der Waals surface area contributed by atoms with Gasteiger partial charge in [-0.1, -0.05) is 50.6 Å². The van der Waals surface area contributed by atoms with E-state index in [-0.39, 0.29) is 11.3 Å². The highest BCUT2D eigenvalue weighted by Crippen LogP contribution is 2.21. The third-order valence-electron chi connectivity index (χ3n) is 3.21. The lowest BCUT2D eigenvalue weighted by molar-refractivity contribution is -0.135. The van der Waals surface area contributed by atoms with Gasteiger partial charge in [-0.3, -0.25) is 4.79 Å². The number of amides is 1. The summed E-state index contributed by atoms with van der Waals surface area (Å²) >= 11 is 6.13. The summed E-state index contributed by atoms with van der Waals surface area (Å²) in [6.07, 6.45) is 0. The van der Waals surface area contributed by atoms with Crippen LogP contribution >= 0.6 is 11.6 Å². The molecule has 0 saturated heterocycles. The number of nitrogens with zero attached hydrogens (tertiary/aromatic N) is 1. The Hall–Kier alpha value is -1.06. The molecule has 0 saturated carbocycles. The van der Waals surface area contributed by atoms with E-state index in [2.05, 4.69) is 0 Å². The molecule has 1 atom stereocenters. The molecule has 0 fully saturated rings. The summed E-state index contributed by atoms with van der Waals surface area (Å²) in [5.74, 6) is -0.0325. The molecule has 0 radical (unpaired) electrons. The van der Waals surface area contributed by atoms with Gasteiger partial charge in [-0.15, -0.1) is 0 Å². The summed E-state index contributed by atoms with van der Waals surface area (Å²) in [6.45, 7) is 8.98. The molecule has 0 aliphatic carbocycles. The third-order valence-corrected chi connectivity index (χ3v) is 3.58. The minimum atomic E-state index is -0.505. The van der Waals surface area contributed by atoms with Crippen LogP contribution in [0.15, 0.2) is 24.3 Å². The summed E-state index contributed by atoms with van der Waals surface area (Å²) in [6, 6.07) is 7.06. The fourth-order valence-corrected chi connectivity index (χ4v) is 1.94. The zero-order valence-electron chi connectivity index (χ0n) is 12.1. The van der Waals surface area contributed by atoms with E-state index in [4.69, 9.17) is 17.3 Å². The van der Waals surface area contributed by atoms with Crippen LogP contribution in [-0.4, -0.2) is 23.4 Å². The van der Waals surface area contributed by atoms with Crippen molar-refractivity contribution in [1.29, 1.82) is 0 Å². The van der Waals surface area contributed by atoms with Crippen molar-refractivity contribution in [2.75, 3.05) is 6.54 Å². The molecule has 1 amide bonds. The van der Waals surface area contributed by atoms with Crippen LogP contribution in [0.4, 0.5) is 0 Å². The van der Waals surface area contributed by atoms with Crippen LogP contribution in [0.1, 0.15) is 33.3 Å². The molecule has 106 valence electrons. The smallest absolute Gasteiger partial charge is 0.240 e. The van der Waals surface area contributed by atoms with E-state index < -0.39 is 6.04 Å². The zero-order valence-corrected chi connectivity index (χ0v) is 12.9. The second kappa shape index (κ2) is 6.40. The first-order valence-electron chi connectivity index (χ1n) is 6.55. The van der Waals surface area contributed by atoms with E-state index in [1.807, 2.05) is 52.0 Å². The molecule has 19 heavy (non-hydrogen) atoms. The average molecular weight is 283 g/mol. The van der Waals surface area contributed by atoms with Gasteiger partial charge >= 0.3 is 0 Å². The molecule has 0 aromatic heterocycles. The van der Waals surface area contributed by atoms with E-state index in [0.29, 0.717) is 18.1 Å². The van der Waals surface area contributed by atoms with E-state index in [0.717, 1.165) is 5.56 Å². The van der Waals surface area contributed by atoms with Crippen molar-refractivity contribution in [3.8, 4) is 0 Å². The van der Waals surface area contributed by atoms with Gasteiger partial charge < -0.3 is 10.6 Å². The summed E-state index contributed by atoms with van der Waals surface area (Å²) in [7, 11) is 0. The Morgan fingerprint density at radius 1 is 1.37 bits per heavy atom. The molecule has 0 aliphatic heterocycles. The SMILES string of the molecule is CCN(Cc1ccccc1Cl)C(=O)[C@H](N)C(C)(C)C. The topological polar surface area (TPSA) is 46.3 Å². The second-order valence-electron chi connectivity index (χ2n) is 5.79. The Morgan fingerprint density at radius 2 is 1.95 bits per heavy atom. The second-order valence-corrected chi connectivity index (χ2v) is 6.19. The van der Waals surface area contributed by atoms with Crippen LogP contribution in [0.3, 0.4) is 0 Å². The van der Waals surface area contributed by atoms with Gasteiger partial charge in [0.1, 0.15) is 0 Å². The molecule has 0 aliphatic rings. The summed E-state index contributed by atoms with van der Waals surface area (Å²) in [4.78, 5) is 14.1. The Balaban J connectivity index is 2.85. The molecule has 0 heterocycles. The highest BCUT2D eigenvalue weighted by atomic mass is 35.5. The maximum absolute atomic E-state index is 12.4. The lowest BCUT2D eigenvalue weighted by Gasteiger charge is -2.31. The maximum atomic E-state index is 12.4. The Morgan fingerprint density at radius 3 is 2.42 bits per heavy atom. The first-order valence-corrected chi connectivity index (χ1v) is 6.93. The molecule has 1 aromatic carbocycles. The molecule has 0 bridgehead atoms. The summed E-state index contributed by atoms with van der Waals surface area (Å²) < 4.78 is 0. The fourth-order valence-electron chi connectivity index (χ4n) is 1.74. The van der Waals surface area contributed by atoms with Gasteiger partial charge in [0.25, 0.3) is 0 Å². The van der Waals surface area contributed by atoms with Gasteiger partial charge in [0.15, 0.2) is 0 Å². The lowest BCUT2D eigenvalue weighted by atomic mass is 9.86. The van der Waals surface area contributed by atoms with Crippen molar-refractivity contribution in [3.63, 3.8) is 0 Å². The van der Waals surface area contributed by atoms with Gasteiger partial charge in [0.2, 0.25) is 5.91 Å². The van der Waals surface area contributed by atoms with E-state index in [9.17, 15) is 4.79 Å². The van der Waals surface area contributed by atoms with Gasteiger partial charge in [0.05, 0.1) is 6.04 Å². The van der Waals surface area contributed by atoms with Crippen molar-refractivity contribution >= 4 is 17.5 Å². The number of halogens is 1. The molecule has 3 nitrogen and oxygen atoms in total. The minimum Gasteiger partial charge on any atom is -0.337 e. The van der Waals surface area contributed by atoms with Crippen LogP contribution in [0, 0.1) is 5.41 Å². The van der Waals surface area contributed by atoms with Gasteiger partial charge in [-0.2, -0.15) is 0 Å². The van der Waals surface area contributed by atoms with E-state index >= 15 is 0 Å². The van der Waals surface area contributed by atoms with Crippen LogP contribution < -0.4 is 5.73 Å². The van der Waals surface area contributed by atoms with Crippen LogP contribution in [0.5, 0.6) is 0 Å². The predicted octanol–water partition coefficient (Wildman–Crippen LogP) is 3.06. The minimum absolute atomic E-state index is 0.0325. The third kappa shape index (κ3) is 4.22. The van der Waals surface area contributed by atoms with Gasteiger partial charge in [-0.25, -0.2) is 0 Å². The van der Waals surface area contributed by atoms with Gasteiger partial charge in [-0.05, 0) is 24.0 Å². The number of benzene rings is 1. The van der Waals surface area contributed by atoms with Gasteiger partial charge in [0, 0.05) is 18.1 Å². The predicted molar refractivity (Wildman–Crippen MR) is 80.0 cm³/mol. The van der Waals surface area contributed by atoms with Crippen molar-refractivity contribution in [2.45, 2.75) is 40.3 Å². The number of carbonyl (C=O) groups excluding carboxylic acids is 1. The van der Waals surface area contributed by atoms with Crippen LogP contribution in [0.2, 0.25) is 5.02 Å². The maximum Gasteiger partial charge on any atom is 0.240 e. The molecular weight excluding hydrogens is 260 g/mol. The molecule has 1 rings (SSSR count). The Bertz CT molecular complexity index is 440. The fraction of sp³-hybridized carbons (Fsp3) is 0.533. The number of likely N-dealkylation sites (N-methyl/N-ethyl adjacent to an activating group) is 1. The van der Waals surface area contributed by atoms with Crippen LogP contribution in [0.25, 0.3) is 0 Å². The largest absolute Gasteiger partial charge is 0.337 e. The molecule has 0 spiro atoms. The number of carbonyl (C=O) groups is 1. The van der Waals surface area contributed by atoms with Crippen molar-refractivity contribution in [1.82, 2.24) is 4.90 Å². The highest BCUT2D eigenvalue weighted by molar-refractivity contribution is 6.31. The normalized spacial score (nSPS) is 13.2. The Kier molecular flexibility index (Phi) is 5.39. The number of nitrogens with two attached hydrogens (primary N) is 1. The monoisotopic (exact) mass is 282 g/mol.